The summed E-state index contributed by atoms with van der Waals surface area (Å²) in [4.78, 5) is 0.285. The lowest BCUT2D eigenvalue weighted by Crippen LogP contribution is -2.30. The second-order valence-electron chi connectivity index (χ2n) is 4.53. The molecule has 2 N–H and O–H groups in total. The lowest BCUT2D eigenvalue weighted by molar-refractivity contribution is 0.453. The van der Waals surface area contributed by atoms with Gasteiger partial charge in [0.15, 0.2) is 0 Å². The van der Waals surface area contributed by atoms with Crippen molar-refractivity contribution < 1.29 is 12.8 Å². The molecule has 0 saturated carbocycles. The molecule has 1 aromatic heterocycles. The van der Waals surface area contributed by atoms with E-state index in [4.69, 9.17) is 10.2 Å². The van der Waals surface area contributed by atoms with E-state index >= 15 is 0 Å². The highest BCUT2D eigenvalue weighted by Gasteiger charge is 2.33. The molecule has 0 radical (unpaired) electrons. The van der Waals surface area contributed by atoms with E-state index in [2.05, 4.69) is 0 Å². The van der Waals surface area contributed by atoms with Crippen LogP contribution in [-0.4, -0.2) is 32.4 Å². The molecule has 1 atom stereocenters. The minimum atomic E-state index is -3.41. The first-order valence-electron chi connectivity index (χ1n) is 5.72. The summed E-state index contributed by atoms with van der Waals surface area (Å²) in [7, 11) is -3.41. The van der Waals surface area contributed by atoms with Crippen LogP contribution in [0, 0.1) is 19.8 Å². The van der Waals surface area contributed by atoms with Crippen LogP contribution >= 0.6 is 12.4 Å². The SMILES string of the molecule is Cc1cc(S(=O)(=O)N2CCC(CN)C2)c(C)o1.Cl. The molecule has 1 aliphatic rings. The van der Waals surface area contributed by atoms with E-state index in [0.717, 1.165) is 6.42 Å². The summed E-state index contributed by atoms with van der Waals surface area (Å²) < 4.78 is 31.5. The monoisotopic (exact) mass is 294 g/mol. The molecule has 2 heterocycles. The van der Waals surface area contributed by atoms with Crippen molar-refractivity contribution in [2.75, 3.05) is 19.6 Å². The maximum atomic E-state index is 12.4. The topological polar surface area (TPSA) is 76.5 Å². The highest BCUT2D eigenvalue weighted by molar-refractivity contribution is 7.89. The Bertz CT molecular complexity index is 512. The van der Waals surface area contributed by atoms with Gasteiger partial charge >= 0.3 is 0 Å². The van der Waals surface area contributed by atoms with E-state index in [9.17, 15) is 8.42 Å². The first kappa shape index (κ1) is 15.5. The third-order valence-electron chi connectivity index (χ3n) is 3.20. The molecule has 0 bridgehead atoms. The maximum Gasteiger partial charge on any atom is 0.246 e. The van der Waals surface area contributed by atoms with E-state index in [1.807, 2.05) is 0 Å². The van der Waals surface area contributed by atoms with Crippen LogP contribution in [0.1, 0.15) is 17.9 Å². The average molecular weight is 295 g/mol. The van der Waals surface area contributed by atoms with Gasteiger partial charge in [-0.3, -0.25) is 0 Å². The van der Waals surface area contributed by atoms with Gasteiger partial charge in [0.25, 0.3) is 0 Å². The Hall–Kier alpha value is -0.560. The molecule has 1 unspecified atom stereocenters. The summed E-state index contributed by atoms with van der Waals surface area (Å²) in [6.45, 7) is 5.03. The van der Waals surface area contributed by atoms with Gasteiger partial charge < -0.3 is 10.2 Å². The van der Waals surface area contributed by atoms with Gasteiger partial charge in [0.1, 0.15) is 16.4 Å². The van der Waals surface area contributed by atoms with E-state index in [1.165, 1.54) is 4.31 Å². The molecule has 7 heteroatoms. The van der Waals surface area contributed by atoms with Crippen molar-refractivity contribution in [1.29, 1.82) is 0 Å². The Morgan fingerprint density at radius 1 is 1.50 bits per heavy atom. The summed E-state index contributed by atoms with van der Waals surface area (Å²) in [6.07, 6.45) is 0.839. The molecule has 0 amide bonds. The highest BCUT2D eigenvalue weighted by Crippen LogP contribution is 2.27. The predicted octanol–water partition coefficient (Wildman–Crippen LogP) is 1.29. The molecule has 104 valence electrons. The van der Waals surface area contributed by atoms with Gasteiger partial charge in [-0.15, -0.1) is 12.4 Å². The van der Waals surface area contributed by atoms with Crippen LogP contribution in [0.15, 0.2) is 15.4 Å². The zero-order chi connectivity index (χ0) is 12.6. The lowest BCUT2D eigenvalue weighted by Gasteiger charge is -2.15. The number of nitrogens with two attached hydrogens (primary N) is 1. The second-order valence-corrected chi connectivity index (χ2v) is 6.44. The standard InChI is InChI=1S/C11H18N2O3S.ClH/c1-8-5-11(9(2)16-8)17(14,15)13-4-3-10(6-12)7-13;/h5,10H,3-4,6-7,12H2,1-2H3;1H. The quantitative estimate of drug-likeness (QED) is 0.911. The maximum absolute atomic E-state index is 12.4. The molecule has 2 rings (SSSR count). The molecular weight excluding hydrogens is 276 g/mol. The van der Waals surface area contributed by atoms with Crippen molar-refractivity contribution >= 4 is 22.4 Å². The third kappa shape index (κ3) is 2.71. The number of hydrogen-bond acceptors (Lipinski definition) is 4. The summed E-state index contributed by atoms with van der Waals surface area (Å²) in [5.41, 5.74) is 5.57. The first-order valence-corrected chi connectivity index (χ1v) is 7.16. The van der Waals surface area contributed by atoms with Crippen molar-refractivity contribution in [1.82, 2.24) is 4.31 Å². The second kappa shape index (κ2) is 5.61. The summed E-state index contributed by atoms with van der Waals surface area (Å²) in [5.74, 6) is 1.35. The van der Waals surface area contributed by atoms with Crippen LogP contribution in [0.3, 0.4) is 0 Å². The van der Waals surface area contributed by atoms with Crippen LogP contribution in [0.2, 0.25) is 0 Å². The van der Waals surface area contributed by atoms with Crippen LogP contribution in [0.4, 0.5) is 0 Å². The third-order valence-corrected chi connectivity index (χ3v) is 5.17. The zero-order valence-electron chi connectivity index (χ0n) is 10.5. The van der Waals surface area contributed by atoms with Crippen molar-refractivity contribution in [2.45, 2.75) is 25.2 Å². The number of sulfonamides is 1. The molecule has 18 heavy (non-hydrogen) atoms. The van der Waals surface area contributed by atoms with Crippen molar-refractivity contribution in [3.8, 4) is 0 Å². The molecular formula is C11H19ClN2O3S. The van der Waals surface area contributed by atoms with Gasteiger partial charge in [-0.2, -0.15) is 4.31 Å². The summed E-state index contributed by atoms with van der Waals surface area (Å²) >= 11 is 0. The van der Waals surface area contributed by atoms with Gasteiger partial charge in [-0.05, 0) is 38.8 Å². The van der Waals surface area contributed by atoms with Crippen molar-refractivity contribution in [3.63, 3.8) is 0 Å². The van der Waals surface area contributed by atoms with Crippen LogP contribution < -0.4 is 5.73 Å². The fraction of sp³-hybridized carbons (Fsp3) is 0.636. The van der Waals surface area contributed by atoms with Gasteiger partial charge in [-0.25, -0.2) is 8.42 Å². The fourth-order valence-corrected chi connectivity index (χ4v) is 3.96. The Kier molecular flexibility index (Phi) is 4.83. The smallest absolute Gasteiger partial charge is 0.246 e. The normalized spacial score (nSPS) is 20.9. The number of rotatable bonds is 3. The minimum absolute atomic E-state index is 0. The lowest BCUT2D eigenvalue weighted by atomic mass is 10.1. The molecule has 5 nitrogen and oxygen atoms in total. The number of aryl methyl sites for hydroxylation is 2. The van der Waals surface area contributed by atoms with E-state index < -0.39 is 10.0 Å². The van der Waals surface area contributed by atoms with Crippen molar-refractivity contribution in [2.24, 2.45) is 11.7 Å². The minimum Gasteiger partial charge on any atom is -0.465 e. The van der Waals surface area contributed by atoms with Gasteiger partial charge in [0, 0.05) is 13.1 Å². The number of furan rings is 1. The van der Waals surface area contributed by atoms with E-state index in [0.29, 0.717) is 31.2 Å². The Morgan fingerprint density at radius 3 is 2.61 bits per heavy atom. The van der Waals surface area contributed by atoms with Crippen molar-refractivity contribution in [3.05, 3.63) is 17.6 Å². The van der Waals surface area contributed by atoms with Gasteiger partial charge in [-0.1, -0.05) is 0 Å². The predicted molar refractivity (Wildman–Crippen MR) is 71.4 cm³/mol. The fourth-order valence-electron chi connectivity index (χ4n) is 2.21. The van der Waals surface area contributed by atoms with E-state index in [-0.39, 0.29) is 23.2 Å². The average Bonchev–Trinajstić information content (AvgIpc) is 2.85. The Morgan fingerprint density at radius 2 is 2.17 bits per heavy atom. The largest absolute Gasteiger partial charge is 0.465 e. The molecule has 1 aromatic rings. The molecule has 0 aromatic carbocycles. The number of hydrogen-bond donors (Lipinski definition) is 1. The molecule has 0 spiro atoms. The van der Waals surface area contributed by atoms with E-state index in [1.54, 1.807) is 19.9 Å². The Balaban J connectivity index is 0.00000162. The van der Waals surface area contributed by atoms with Gasteiger partial charge in [0.2, 0.25) is 10.0 Å². The highest BCUT2D eigenvalue weighted by atomic mass is 35.5. The Labute approximate surface area is 114 Å². The number of halogens is 1. The summed E-state index contributed by atoms with van der Waals surface area (Å²) in [5, 5.41) is 0. The van der Waals surface area contributed by atoms with Crippen LogP contribution in [0.25, 0.3) is 0 Å². The van der Waals surface area contributed by atoms with Gasteiger partial charge in [0.05, 0.1) is 0 Å². The molecule has 1 aliphatic heterocycles. The van der Waals surface area contributed by atoms with Crippen LogP contribution in [0.5, 0.6) is 0 Å². The first-order chi connectivity index (χ1) is 7.95. The molecule has 0 aliphatic carbocycles. The zero-order valence-corrected chi connectivity index (χ0v) is 12.2. The summed E-state index contributed by atoms with van der Waals surface area (Å²) in [6, 6.07) is 1.58. The molecule has 1 saturated heterocycles. The number of nitrogens with zero attached hydrogens (tertiary/aromatic N) is 1. The van der Waals surface area contributed by atoms with Crippen LogP contribution in [-0.2, 0) is 10.0 Å². The molecule has 1 fully saturated rings.